The zero-order chi connectivity index (χ0) is 15.6. The van der Waals surface area contributed by atoms with Crippen molar-refractivity contribution in [2.24, 2.45) is 0 Å². The van der Waals surface area contributed by atoms with Crippen molar-refractivity contribution in [3.8, 4) is 0 Å². The molecule has 0 spiro atoms. The van der Waals surface area contributed by atoms with Gasteiger partial charge >= 0.3 is 0 Å². The molecule has 1 aromatic rings. The number of benzene rings is 1. The Balaban J connectivity index is 1.61. The Kier molecular flexibility index (Phi) is 4.52. The van der Waals surface area contributed by atoms with Gasteiger partial charge < -0.3 is 5.32 Å². The molecule has 1 aliphatic carbocycles. The summed E-state index contributed by atoms with van der Waals surface area (Å²) in [5, 5.41) is 2.83. The highest BCUT2D eigenvalue weighted by molar-refractivity contribution is 7.91. The molecule has 1 saturated heterocycles. The van der Waals surface area contributed by atoms with Gasteiger partial charge in [-0.05, 0) is 42.9 Å². The van der Waals surface area contributed by atoms with Crippen LogP contribution in [0.2, 0.25) is 0 Å². The molecular weight excluding hydrogens is 298 g/mol. The molecule has 22 heavy (non-hydrogen) atoms. The molecule has 5 heteroatoms. The molecule has 2 fully saturated rings. The summed E-state index contributed by atoms with van der Waals surface area (Å²) in [5.74, 6) is 0.709. The number of carbonyl (C=O) groups excluding carboxylic acids is 1. The molecule has 1 amide bonds. The van der Waals surface area contributed by atoms with Gasteiger partial charge in [0.25, 0.3) is 5.91 Å². The summed E-state index contributed by atoms with van der Waals surface area (Å²) in [5.41, 5.74) is 1.93. The van der Waals surface area contributed by atoms with Crippen LogP contribution in [0.1, 0.15) is 60.4 Å². The van der Waals surface area contributed by atoms with E-state index in [9.17, 15) is 13.2 Å². The Labute approximate surface area is 132 Å². The van der Waals surface area contributed by atoms with Crippen LogP contribution >= 0.6 is 0 Å². The molecule has 1 aliphatic heterocycles. The second-order valence-electron chi connectivity index (χ2n) is 6.53. The lowest BCUT2D eigenvalue weighted by atomic mass is 9.84. The van der Waals surface area contributed by atoms with Crippen molar-refractivity contribution in [1.82, 2.24) is 5.32 Å². The standard InChI is InChI=1S/C17H23NO3S/c19-17(18-16-10-11-22(20,21)12-16)15-8-6-14(7-9-15)13-4-2-1-3-5-13/h6-9,13,16H,1-5,10-12H2,(H,18,19). The van der Waals surface area contributed by atoms with E-state index in [-0.39, 0.29) is 23.5 Å². The van der Waals surface area contributed by atoms with Crippen LogP contribution in [0, 0.1) is 0 Å². The lowest BCUT2D eigenvalue weighted by Gasteiger charge is -2.22. The Morgan fingerprint density at radius 3 is 2.27 bits per heavy atom. The minimum Gasteiger partial charge on any atom is -0.348 e. The molecule has 2 aliphatic rings. The first-order valence-electron chi connectivity index (χ1n) is 8.15. The monoisotopic (exact) mass is 321 g/mol. The predicted molar refractivity (Wildman–Crippen MR) is 86.8 cm³/mol. The van der Waals surface area contributed by atoms with E-state index in [4.69, 9.17) is 0 Å². The highest BCUT2D eigenvalue weighted by Crippen LogP contribution is 2.32. The van der Waals surface area contributed by atoms with Crippen LogP contribution < -0.4 is 5.32 Å². The van der Waals surface area contributed by atoms with Crippen molar-refractivity contribution in [1.29, 1.82) is 0 Å². The van der Waals surface area contributed by atoms with Crippen molar-refractivity contribution in [2.75, 3.05) is 11.5 Å². The molecule has 1 N–H and O–H groups in total. The molecule has 1 unspecified atom stereocenters. The van der Waals surface area contributed by atoms with Gasteiger partial charge in [-0.1, -0.05) is 31.4 Å². The Morgan fingerprint density at radius 1 is 1.00 bits per heavy atom. The molecule has 3 rings (SSSR count). The van der Waals surface area contributed by atoms with Gasteiger partial charge in [-0.2, -0.15) is 0 Å². The van der Waals surface area contributed by atoms with Crippen molar-refractivity contribution < 1.29 is 13.2 Å². The van der Waals surface area contributed by atoms with Gasteiger partial charge in [-0.15, -0.1) is 0 Å². The molecular formula is C17H23NO3S. The molecule has 120 valence electrons. The van der Waals surface area contributed by atoms with E-state index < -0.39 is 9.84 Å². The maximum absolute atomic E-state index is 12.2. The van der Waals surface area contributed by atoms with Gasteiger partial charge in [-0.25, -0.2) is 8.42 Å². The molecule has 1 heterocycles. The average Bonchev–Trinajstić information content (AvgIpc) is 2.87. The van der Waals surface area contributed by atoms with Crippen LogP contribution in [-0.2, 0) is 9.84 Å². The lowest BCUT2D eigenvalue weighted by molar-refractivity contribution is 0.0941. The third-order valence-electron chi connectivity index (χ3n) is 4.82. The summed E-state index contributed by atoms with van der Waals surface area (Å²) < 4.78 is 22.9. The van der Waals surface area contributed by atoms with E-state index in [2.05, 4.69) is 17.4 Å². The quantitative estimate of drug-likeness (QED) is 0.931. The number of hydrogen-bond donors (Lipinski definition) is 1. The highest BCUT2D eigenvalue weighted by Gasteiger charge is 2.29. The van der Waals surface area contributed by atoms with Crippen LogP contribution in [0.5, 0.6) is 0 Å². The number of amides is 1. The first kappa shape index (κ1) is 15.5. The summed E-state index contributed by atoms with van der Waals surface area (Å²) in [6, 6.07) is 7.59. The number of carbonyl (C=O) groups is 1. The van der Waals surface area contributed by atoms with Crippen molar-refractivity contribution in [3.63, 3.8) is 0 Å². The Morgan fingerprint density at radius 2 is 1.68 bits per heavy atom. The van der Waals surface area contributed by atoms with E-state index in [1.165, 1.54) is 37.7 Å². The molecule has 1 saturated carbocycles. The number of sulfone groups is 1. The summed E-state index contributed by atoms with van der Waals surface area (Å²) >= 11 is 0. The van der Waals surface area contributed by atoms with Crippen LogP contribution in [-0.4, -0.2) is 31.9 Å². The topological polar surface area (TPSA) is 63.2 Å². The summed E-state index contributed by atoms with van der Waals surface area (Å²) in [7, 11) is -2.96. The van der Waals surface area contributed by atoms with E-state index in [0.29, 0.717) is 17.9 Å². The zero-order valence-corrected chi connectivity index (χ0v) is 13.6. The van der Waals surface area contributed by atoms with E-state index >= 15 is 0 Å². The molecule has 0 bridgehead atoms. The van der Waals surface area contributed by atoms with Crippen molar-refractivity contribution in [3.05, 3.63) is 35.4 Å². The largest absolute Gasteiger partial charge is 0.348 e. The number of rotatable bonds is 3. The second kappa shape index (κ2) is 6.41. The third-order valence-corrected chi connectivity index (χ3v) is 6.59. The highest BCUT2D eigenvalue weighted by atomic mass is 32.2. The second-order valence-corrected chi connectivity index (χ2v) is 8.76. The van der Waals surface area contributed by atoms with Gasteiger partial charge in [-0.3, -0.25) is 4.79 Å². The molecule has 0 aromatic heterocycles. The SMILES string of the molecule is O=C(NC1CCS(=O)(=O)C1)c1ccc(C2CCCCC2)cc1. The van der Waals surface area contributed by atoms with E-state index in [0.717, 1.165) is 0 Å². The summed E-state index contributed by atoms with van der Waals surface area (Å²) in [6.45, 7) is 0. The maximum Gasteiger partial charge on any atom is 0.251 e. The predicted octanol–water partition coefficient (Wildman–Crippen LogP) is 2.65. The van der Waals surface area contributed by atoms with Crippen molar-refractivity contribution in [2.45, 2.75) is 50.5 Å². The fourth-order valence-electron chi connectivity index (χ4n) is 3.52. The third kappa shape index (κ3) is 3.69. The van der Waals surface area contributed by atoms with Gasteiger partial charge in [0.15, 0.2) is 9.84 Å². The van der Waals surface area contributed by atoms with Gasteiger partial charge in [0.05, 0.1) is 11.5 Å². The van der Waals surface area contributed by atoms with E-state index in [1.54, 1.807) is 0 Å². The van der Waals surface area contributed by atoms with Gasteiger partial charge in [0, 0.05) is 11.6 Å². The van der Waals surface area contributed by atoms with Gasteiger partial charge in [0.1, 0.15) is 0 Å². The number of hydrogen-bond acceptors (Lipinski definition) is 3. The number of nitrogens with one attached hydrogen (secondary N) is 1. The zero-order valence-electron chi connectivity index (χ0n) is 12.8. The normalized spacial score (nSPS) is 25.0. The minimum absolute atomic E-state index is 0.0684. The molecule has 1 atom stereocenters. The van der Waals surface area contributed by atoms with Crippen LogP contribution in [0.4, 0.5) is 0 Å². The average molecular weight is 321 g/mol. The Hall–Kier alpha value is -1.36. The smallest absolute Gasteiger partial charge is 0.251 e. The fourth-order valence-corrected chi connectivity index (χ4v) is 5.19. The summed E-state index contributed by atoms with van der Waals surface area (Å²) in [6.07, 6.45) is 6.93. The molecule has 0 radical (unpaired) electrons. The van der Waals surface area contributed by atoms with Crippen LogP contribution in [0.15, 0.2) is 24.3 Å². The first-order valence-corrected chi connectivity index (χ1v) is 9.97. The maximum atomic E-state index is 12.2. The van der Waals surface area contributed by atoms with Crippen LogP contribution in [0.3, 0.4) is 0 Å². The van der Waals surface area contributed by atoms with Gasteiger partial charge in [0.2, 0.25) is 0 Å². The van der Waals surface area contributed by atoms with Crippen LogP contribution in [0.25, 0.3) is 0 Å². The Bertz CT molecular complexity index is 630. The van der Waals surface area contributed by atoms with E-state index in [1.807, 2.05) is 12.1 Å². The summed E-state index contributed by atoms with van der Waals surface area (Å²) in [4.78, 5) is 12.2. The molecule has 4 nitrogen and oxygen atoms in total. The lowest BCUT2D eigenvalue weighted by Crippen LogP contribution is -2.35. The fraction of sp³-hybridized carbons (Fsp3) is 0.588. The molecule has 1 aromatic carbocycles. The minimum atomic E-state index is -2.96. The first-order chi connectivity index (χ1) is 10.5. The van der Waals surface area contributed by atoms with Crippen molar-refractivity contribution >= 4 is 15.7 Å².